The summed E-state index contributed by atoms with van der Waals surface area (Å²) < 4.78 is 0. The van der Waals surface area contributed by atoms with Crippen molar-refractivity contribution < 1.29 is 14.7 Å². The highest BCUT2D eigenvalue weighted by Crippen LogP contribution is 2.34. The van der Waals surface area contributed by atoms with Gasteiger partial charge in [0.1, 0.15) is 5.75 Å². The number of hydrogen-bond donors (Lipinski definition) is 4. The molecule has 0 fully saturated rings. The molecule has 0 aliphatic carbocycles. The van der Waals surface area contributed by atoms with E-state index in [0.717, 1.165) is 9.79 Å². The van der Waals surface area contributed by atoms with E-state index in [1.165, 1.54) is 18.7 Å². The second-order valence-electron chi connectivity index (χ2n) is 6.06. The van der Waals surface area contributed by atoms with Crippen molar-refractivity contribution in [1.29, 1.82) is 0 Å². The summed E-state index contributed by atoms with van der Waals surface area (Å²) in [6, 6.07) is 18.8. The molecular formula is C21H19N3O3S. The lowest BCUT2D eigenvalue weighted by molar-refractivity contribution is -0.114. The van der Waals surface area contributed by atoms with Crippen LogP contribution in [0.1, 0.15) is 17.3 Å². The third-order valence-electron chi connectivity index (χ3n) is 3.80. The molecule has 0 spiro atoms. The van der Waals surface area contributed by atoms with Crippen LogP contribution in [0.15, 0.2) is 76.5 Å². The molecule has 0 aliphatic rings. The van der Waals surface area contributed by atoms with Gasteiger partial charge in [-0.3, -0.25) is 9.59 Å². The molecule has 0 saturated carbocycles. The van der Waals surface area contributed by atoms with Crippen LogP contribution in [-0.4, -0.2) is 16.9 Å². The number of phenols is 1. The lowest BCUT2D eigenvalue weighted by Gasteiger charge is -2.10. The van der Waals surface area contributed by atoms with Crippen molar-refractivity contribution in [1.82, 2.24) is 0 Å². The average molecular weight is 393 g/mol. The summed E-state index contributed by atoms with van der Waals surface area (Å²) in [6.07, 6.45) is 0. The number of nitrogens with one attached hydrogen (secondary N) is 2. The van der Waals surface area contributed by atoms with Crippen LogP contribution < -0.4 is 16.4 Å². The quantitative estimate of drug-likeness (QED) is 0.483. The fraction of sp³-hybridized carbons (Fsp3) is 0.0476. The van der Waals surface area contributed by atoms with Gasteiger partial charge in [-0.05, 0) is 66.7 Å². The SMILES string of the molecule is CC(=O)Nc1ccc(C(=O)Nc2ccc(Sc3ccc(O)cc3)c(N)c2)cc1. The number of nitrogen functional groups attached to an aromatic ring is 1. The maximum atomic E-state index is 12.4. The van der Waals surface area contributed by atoms with E-state index < -0.39 is 0 Å². The predicted molar refractivity (Wildman–Crippen MR) is 112 cm³/mol. The molecule has 2 amide bonds. The topological polar surface area (TPSA) is 104 Å². The zero-order chi connectivity index (χ0) is 20.1. The molecule has 0 aromatic heterocycles. The Morgan fingerprint density at radius 2 is 1.54 bits per heavy atom. The Morgan fingerprint density at radius 1 is 0.893 bits per heavy atom. The van der Waals surface area contributed by atoms with Gasteiger partial charge >= 0.3 is 0 Å². The van der Waals surface area contributed by atoms with Crippen molar-refractivity contribution in [2.24, 2.45) is 0 Å². The standard InChI is InChI=1S/C21H19N3O3S/c1-13(25)23-15-4-2-14(3-5-15)21(27)24-16-6-11-20(19(22)12-16)28-18-9-7-17(26)8-10-18/h2-12,26H,22H2,1H3,(H,23,25)(H,24,27). The van der Waals surface area contributed by atoms with Gasteiger partial charge in [-0.25, -0.2) is 0 Å². The lowest BCUT2D eigenvalue weighted by Crippen LogP contribution is -2.12. The number of amides is 2. The van der Waals surface area contributed by atoms with Gasteiger partial charge in [-0.1, -0.05) is 11.8 Å². The van der Waals surface area contributed by atoms with Crippen molar-refractivity contribution in [2.75, 3.05) is 16.4 Å². The Morgan fingerprint density at radius 3 is 2.14 bits per heavy atom. The number of rotatable bonds is 5. The number of nitrogens with two attached hydrogens (primary N) is 1. The molecule has 3 rings (SSSR count). The number of phenolic OH excluding ortho intramolecular Hbond substituents is 1. The van der Waals surface area contributed by atoms with Crippen molar-refractivity contribution >= 4 is 40.6 Å². The van der Waals surface area contributed by atoms with Crippen LogP contribution in [0, 0.1) is 0 Å². The average Bonchev–Trinajstić information content (AvgIpc) is 2.66. The van der Waals surface area contributed by atoms with E-state index in [9.17, 15) is 14.7 Å². The van der Waals surface area contributed by atoms with Gasteiger partial charge < -0.3 is 21.5 Å². The van der Waals surface area contributed by atoms with Gasteiger partial charge in [-0.15, -0.1) is 0 Å². The normalized spacial score (nSPS) is 10.3. The maximum absolute atomic E-state index is 12.4. The smallest absolute Gasteiger partial charge is 0.255 e. The van der Waals surface area contributed by atoms with E-state index in [0.29, 0.717) is 22.6 Å². The van der Waals surface area contributed by atoms with Crippen molar-refractivity contribution in [3.63, 3.8) is 0 Å². The Balaban J connectivity index is 1.67. The van der Waals surface area contributed by atoms with Crippen molar-refractivity contribution in [3.05, 3.63) is 72.3 Å². The minimum Gasteiger partial charge on any atom is -0.508 e. The van der Waals surface area contributed by atoms with Gasteiger partial charge in [0.15, 0.2) is 0 Å². The molecule has 0 saturated heterocycles. The molecule has 7 heteroatoms. The summed E-state index contributed by atoms with van der Waals surface area (Å²) in [7, 11) is 0. The first-order valence-electron chi connectivity index (χ1n) is 8.46. The Hall–Kier alpha value is -3.45. The summed E-state index contributed by atoms with van der Waals surface area (Å²) in [5.74, 6) is -0.230. The molecule has 0 radical (unpaired) electrons. The minimum atomic E-state index is -0.271. The Labute approximate surface area is 166 Å². The molecule has 5 N–H and O–H groups in total. The molecule has 0 aliphatic heterocycles. The van der Waals surface area contributed by atoms with Crippen LogP contribution in [0.25, 0.3) is 0 Å². The van der Waals surface area contributed by atoms with E-state index in [1.54, 1.807) is 60.7 Å². The number of benzene rings is 3. The summed E-state index contributed by atoms with van der Waals surface area (Å²) in [4.78, 5) is 25.2. The third-order valence-corrected chi connectivity index (χ3v) is 4.90. The second kappa shape index (κ2) is 8.49. The summed E-state index contributed by atoms with van der Waals surface area (Å²) in [6.45, 7) is 1.43. The van der Waals surface area contributed by atoms with Crippen LogP contribution in [-0.2, 0) is 4.79 Å². The van der Waals surface area contributed by atoms with E-state index in [2.05, 4.69) is 10.6 Å². The third kappa shape index (κ3) is 5.05. The maximum Gasteiger partial charge on any atom is 0.255 e. The van der Waals surface area contributed by atoms with Gasteiger partial charge in [0.05, 0.1) is 0 Å². The first kappa shape index (κ1) is 19.3. The number of hydrogen-bond acceptors (Lipinski definition) is 5. The highest BCUT2D eigenvalue weighted by Gasteiger charge is 2.09. The molecule has 3 aromatic rings. The second-order valence-corrected chi connectivity index (χ2v) is 7.18. The monoisotopic (exact) mass is 393 g/mol. The van der Waals surface area contributed by atoms with Crippen LogP contribution in [0.5, 0.6) is 5.75 Å². The summed E-state index contributed by atoms with van der Waals surface area (Å²) in [5.41, 5.74) is 8.34. The zero-order valence-corrected chi connectivity index (χ0v) is 15.9. The van der Waals surface area contributed by atoms with Crippen molar-refractivity contribution in [3.8, 4) is 5.75 Å². The number of anilines is 3. The van der Waals surface area contributed by atoms with Crippen molar-refractivity contribution in [2.45, 2.75) is 16.7 Å². The molecule has 142 valence electrons. The van der Waals surface area contributed by atoms with E-state index >= 15 is 0 Å². The van der Waals surface area contributed by atoms with E-state index in [-0.39, 0.29) is 17.6 Å². The lowest BCUT2D eigenvalue weighted by atomic mass is 10.2. The Bertz CT molecular complexity index is 1000. The molecule has 3 aromatic carbocycles. The first-order chi connectivity index (χ1) is 13.4. The van der Waals surface area contributed by atoms with E-state index in [4.69, 9.17) is 5.73 Å². The minimum absolute atomic E-state index is 0.169. The number of carbonyl (C=O) groups excluding carboxylic acids is 2. The first-order valence-corrected chi connectivity index (χ1v) is 9.28. The molecule has 28 heavy (non-hydrogen) atoms. The fourth-order valence-electron chi connectivity index (χ4n) is 2.47. The zero-order valence-electron chi connectivity index (χ0n) is 15.1. The van der Waals surface area contributed by atoms with Crippen LogP contribution in [0.2, 0.25) is 0 Å². The van der Waals surface area contributed by atoms with Crippen LogP contribution in [0.3, 0.4) is 0 Å². The summed E-state index contributed by atoms with van der Waals surface area (Å²) >= 11 is 1.47. The van der Waals surface area contributed by atoms with Crippen LogP contribution in [0.4, 0.5) is 17.1 Å². The van der Waals surface area contributed by atoms with Gasteiger partial charge in [0.25, 0.3) is 5.91 Å². The molecule has 0 bridgehead atoms. The van der Waals surface area contributed by atoms with Gasteiger partial charge in [0, 0.05) is 39.3 Å². The molecule has 0 unspecified atom stereocenters. The largest absolute Gasteiger partial charge is 0.508 e. The van der Waals surface area contributed by atoms with Gasteiger partial charge in [-0.2, -0.15) is 0 Å². The molecular weight excluding hydrogens is 374 g/mol. The van der Waals surface area contributed by atoms with E-state index in [1.807, 2.05) is 6.07 Å². The summed E-state index contributed by atoms with van der Waals surface area (Å²) in [5, 5.41) is 14.8. The van der Waals surface area contributed by atoms with Crippen LogP contribution >= 0.6 is 11.8 Å². The fourth-order valence-corrected chi connectivity index (χ4v) is 3.31. The van der Waals surface area contributed by atoms with Gasteiger partial charge in [0.2, 0.25) is 5.91 Å². The number of aromatic hydroxyl groups is 1. The predicted octanol–water partition coefficient (Wildman–Crippen LogP) is 4.34. The highest BCUT2D eigenvalue weighted by atomic mass is 32.2. The Kier molecular flexibility index (Phi) is 5.86. The molecule has 0 atom stereocenters. The number of carbonyl (C=O) groups is 2. The molecule has 0 heterocycles. The molecule has 6 nitrogen and oxygen atoms in total. The highest BCUT2D eigenvalue weighted by molar-refractivity contribution is 7.99.